The summed E-state index contributed by atoms with van der Waals surface area (Å²) in [4.78, 5) is 15.5. The summed E-state index contributed by atoms with van der Waals surface area (Å²) in [6.07, 6.45) is 0.898. The lowest BCUT2D eigenvalue weighted by Gasteiger charge is -2.06. The van der Waals surface area contributed by atoms with Gasteiger partial charge in [0.2, 0.25) is 5.78 Å². The molecular formula is C15H17NO2. The maximum atomic E-state index is 12.3. The standard InChI is InChI=1S/C15H17NO2/c1-4-11-5-8-14(16-11)15(17)13-7-6-12(18-3)9-10(13)2/h5-9,16H,4H2,1-3H3. The molecule has 0 spiro atoms. The number of methoxy groups -OCH3 is 1. The Morgan fingerprint density at radius 3 is 2.61 bits per heavy atom. The van der Waals surface area contributed by atoms with Crippen LogP contribution in [-0.4, -0.2) is 17.9 Å². The van der Waals surface area contributed by atoms with E-state index in [4.69, 9.17) is 4.74 Å². The van der Waals surface area contributed by atoms with Crippen LogP contribution < -0.4 is 4.74 Å². The van der Waals surface area contributed by atoms with Crippen LogP contribution in [-0.2, 0) is 6.42 Å². The number of benzene rings is 1. The lowest BCUT2D eigenvalue weighted by Crippen LogP contribution is -2.04. The van der Waals surface area contributed by atoms with Crippen LogP contribution in [0.4, 0.5) is 0 Å². The summed E-state index contributed by atoms with van der Waals surface area (Å²) < 4.78 is 5.14. The van der Waals surface area contributed by atoms with Crippen molar-refractivity contribution in [3.05, 3.63) is 52.8 Å². The van der Waals surface area contributed by atoms with Gasteiger partial charge in [-0.1, -0.05) is 6.92 Å². The molecule has 0 aliphatic heterocycles. The third kappa shape index (κ3) is 2.30. The highest BCUT2D eigenvalue weighted by Gasteiger charge is 2.13. The number of aromatic nitrogens is 1. The zero-order valence-corrected chi connectivity index (χ0v) is 10.9. The average molecular weight is 243 g/mol. The number of aryl methyl sites for hydroxylation is 2. The fourth-order valence-corrected chi connectivity index (χ4v) is 1.94. The third-order valence-corrected chi connectivity index (χ3v) is 3.05. The molecule has 0 saturated carbocycles. The second kappa shape index (κ2) is 5.08. The second-order valence-corrected chi connectivity index (χ2v) is 4.26. The first-order valence-electron chi connectivity index (χ1n) is 6.03. The lowest BCUT2D eigenvalue weighted by molar-refractivity contribution is 0.103. The zero-order valence-electron chi connectivity index (χ0n) is 10.9. The number of carbonyl (C=O) groups excluding carboxylic acids is 1. The Labute approximate surface area is 107 Å². The van der Waals surface area contributed by atoms with Crippen molar-refractivity contribution < 1.29 is 9.53 Å². The zero-order chi connectivity index (χ0) is 13.1. The molecule has 3 heteroatoms. The maximum Gasteiger partial charge on any atom is 0.209 e. The summed E-state index contributed by atoms with van der Waals surface area (Å²) >= 11 is 0. The number of carbonyl (C=O) groups is 1. The fraction of sp³-hybridized carbons (Fsp3) is 0.267. The highest BCUT2D eigenvalue weighted by molar-refractivity contribution is 6.08. The summed E-state index contributed by atoms with van der Waals surface area (Å²) in [6, 6.07) is 9.28. The number of H-pyrrole nitrogens is 1. The fourth-order valence-electron chi connectivity index (χ4n) is 1.94. The minimum atomic E-state index is 0.0230. The van der Waals surface area contributed by atoms with E-state index in [9.17, 15) is 4.79 Å². The SMILES string of the molecule is CCc1ccc(C(=O)c2ccc(OC)cc2C)[nH]1. The van der Waals surface area contributed by atoms with E-state index in [1.807, 2.05) is 37.3 Å². The van der Waals surface area contributed by atoms with E-state index >= 15 is 0 Å². The molecule has 0 fully saturated rings. The highest BCUT2D eigenvalue weighted by Crippen LogP contribution is 2.19. The molecule has 0 aliphatic rings. The predicted molar refractivity (Wildman–Crippen MR) is 71.3 cm³/mol. The molecule has 3 nitrogen and oxygen atoms in total. The number of rotatable bonds is 4. The van der Waals surface area contributed by atoms with Crippen molar-refractivity contribution >= 4 is 5.78 Å². The molecule has 0 amide bonds. The number of nitrogens with one attached hydrogen (secondary N) is 1. The van der Waals surface area contributed by atoms with E-state index in [0.717, 1.165) is 23.4 Å². The van der Waals surface area contributed by atoms with Gasteiger partial charge in [-0.15, -0.1) is 0 Å². The monoisotopic (exact) mass is 243 g/mol. The molecule has 0 saturated heterocycles. The van der Waals surface area contributed by atoms with Crippen LogP contribution in [0.3, 0.4) is 0 Å². The van der Waals surface area contributed by atoms with Crippen LogP contribution in [0.25, 0.3) is 0 Å². The maximum absolute atomic E-state index is 12.3. The first kappa shape index (κ1) is 12.4. The molecule has 0 unspecified atom stereocenters. The summed E-state index contributed by atoms with van der Waals surface area (Å²) in [5.74, 6) is 0.791. The predicted octanol–water partition coefficient (Wildman–Crippen LogP) is 3.13. The number of hydrogen-bond acceptors (Lipinski definition) is 2. The average Bonchev–Trinajstić information content (AvgIpc) is 2.86. The smallest absolute Gasteiger partial charge is 0.209 e. The van der Waals surface area contributed by atoms with Gasteiger partial charge in [-0.2, -0.15) is 0 Å². The molecule has 1 heterocycles. The molecule has 0 bridgehead atoms. The van der Waals surface area contributed by atoms with Crippen molar-refractivity contribution in [2.24, 2.45) is 0 Å². The molecule has 1 aromatic heterocycles. The first-order valence-corrected chi connectivity index (χ1v) is 6.03. The Hall–Kier alpha value is -2.03. The molecule has 0 aliphatic carbocycles. The molecule has 18 heavy (non-hydrogen) atoms. The van der Waals surface area contributed by atoms with Crippen molar-refractivity contribution in [3.8, 4) is 5.75 Å². The molecule has 1 aromatic carbocycles. The molecule has 0 radical (unpaired) electrons. The van der Waals surface area contributed by atoms with Crippen LogP contribution in [0.2, 0.25) is 0 Å². The van der Waals surface area contributed by atoms with Gasteiger partial charge in [-0.3, -0.25) is 4.79 Å². The van der Waals surface area contributed by atoms with Gasteiger partial charge >= 0.3 is 0 Å². The van der Waals surface area contributed by atoms with Gasteiger partial charge in [-0.25, -0.2) is 0 Å². The number of aromatic amines is 1. The summed E-state index contributed by atoms with van der Waals surface area (Å²) in [5, 5.41) is 0. The van der Waals surface area contributed by atoms with Gasteiger partial charge in [0.1, 0.15) is 5.75 Å². The van der Waals surface area contributed by atoms with Crippen molar-refractivity contribution in [3.63, 3.8) is 0 Å². The minimum absolute atomic E-state index is 0.0230. The van der Waals surface area contributed by atoms with E-state index in [1.54, 1.807) is 7.11 Å². The van der Waals surface area contributed by atoms with E-state index in [0.29, 0.717) is 11.3 Å². The van der Waals surface area contributed by atoms with Crippen LogP contribution >= 0.6 is 0 Å². The Bertz CT molecular complexity index is 570. The molecular weight excluding hydrogens is 226 g/mol. The van der Waals surface area contributed by atoms with E-state index < -0.39 is 0 Å². The number of ether oxygens (including phenoxy) is 1. The second-order valence-electron chi connectivity index (χ2n) is 4.26. The quantitative estimate of drug-likeness (QED) is 0.838. The number of hydrogen-bond donors (Lipinski definition) is 1. The van der Waals surface area contributed by atoms with Crippen molar-refractivity contribution in [2.45, 2.75) is 20.3 Å². The lowest BCUT2D eigenvalue weighted by atomic mass is 10.0. The van der Waals surface area contributed by atoms with Crippen molar-refractivity contribution in [2.75, 3.05) is 7.11 Å². The van der Waals surface area contributed by atoms with Gasteiger partial charge in [0, 0.05) is 11.3 Å². The Morgan fingerprint density at radius 2 is 2.06 bits per heavy atom. The summed E-state index contributed by atoms with van der Waals surface area (Å²) in [7, 11) is 1.62. The van der Waals surface area contributed by atoms with Gasteiger partial charge in [0.05, 0.1) is 12.8 Å². The van der Waals surface area contributed by atoms with E-state index in [-0.39, 0.29) is 5.78 Å². The van der Waals surface area contributed by atoms with Gasteiger partial charge in [-0.05, 0) is 49.2 Å². The van der Waals surface area contributed by atoms with Crippen molar-refractivity contribution in [1.82, 2.24) is 4.98 Å². The van der Waals surface area contributed by atoms with Crippen LogP contribution in [0, 0.1) is 6.92 Å². The van der Waals surface area contributed by atoms with Crippen LogP contribution in [0.15, 0.2) is 30.3 Å². The van der Waals surface area contributed by atoms with Crippen molar-refractivity contribution in [1.29, 1.82) is 0 Å². The molecule has 2 rings (SSSR count). The van der Waals surface area contributed by atoms with E-state index in [1.165, 1.54) is 0 Å². The van der Waals surface area contributed by atoms with Gasteiger partial charge in [0.15, 0.2) is 0 Å². The Kier molecular flexibility index (Phi) is 3.51. The molecule has 1 N–H and O–H groups in total. The summed E-state index contributed by atoms with van der Waals surface area (Å²) in [6.45, 7) is 3.97. The molecule has 94 valence electrons. The minimum Gasteiger partial charge on any atom is -0.497 e. The summed E-state index contributed by atoms with van der Waals surface area (Å²) in [5.41, 5.74) is 3.34. The molecule has 0 atom stereocenters. The largest absolute Gasteiger partial charge is 0.497 e. The first-order chi connectivity index (χ1) is 8.65. The van der Waals surface area contributed by atoms with Crippen LogP contribution in [0.1, 0.15) is 34.2 Å². The Balaban J connectivity index is 2.33. The Morgan fingerprint density at radius 1 is 1.28 bits per heavy atom. The van der Waals surface area contributed by atoms with Gasteiger partial charge < -0.3 is 9.72 Å². The third-order valence-electron chi connectivity index (χ3n) is 3.05. The number of ketones is 1. The highest BCUT2D eigenvalue weighted by atomic mass is 16.5. The molecule has 2 aromatic rings. The topological polar surface area (TPSA) is 42.1 Å². The van der Waals surface area contributed by atoms with Crippen LogP contribution in [0.5, 0.6) is 5.75 Å². The normalized spacial score (nSPS) is 10.4. The van der Waals surface area contributed by atoms with E-state index in [2.05, 4.69) is 11.9 Å². The van der Waals surface area contributed by atoms with Gasteiger partial charge in [0.25, 0.3) is 0 Å².